The number of carbonyl (C=O) groups is 1. The van der Waals surface area contributed by atoms with E-state index >= 15 is 0 Å². The number of nitrogens with two attached hydrogens (primary N) is 1. The highest BCUT2D eigenvalue weighted by Gasteiger charge is 2.26. The molecule has 4 N–H and O–H groups in total. The molecule has 0 radical (unpaired) electrons. The molecule has 0 aliphatic rings. The minimum absolute atomic E-state index is 0.0303. The van der Waals surface area contributed by atoms with Gasteiger partial charge in [-0.25, -0.2) is 9.97 Å². The first kappa shape index (κ1) is 18.9. The number of thiazole rings is 1. The number of aromatic hydroxyl groups is 1. The number of ether oxygens (including phenoxy) is 2. The van der Waals surface area contributed by atoms with E-state index in [2.05, 4.69) is 9.97 Å². The molecule has 0 saturated carbocycles. The lowest BCUT2D eigenvalue weighted by Gasteiger charge is -2.14. The molecule has 8 nitrogen and oxygen atoms in total. The molecule has 2 rings (SSSR count). The Morgan fingerprint density at radius 3 is 2.56 bits per heavy atom. The molecule has 0 spiro atoms. The standard InChI is InChI=1S/C16H21N3O5S/c1-4-8(20)5-6-10-18-9(7-25-10)11-14(23-2)15(24-3)13(21)12(19-11)16(17)22/h7-8,20-21H,4-6H2,1-3H3,(H2,17,22). The summed E-state index contributed by atoms with van der Waals surface area (Å²) >= 11 is 1.41. The Kier molecular flexibility index (Phi) is 6.16. The number of carbonyl (C=O) groups excluding carboxylic acids is 1. The quantitative estimate of drug-likeness (QED) is 0.648. The highest BCUT2D eigenvalue weighted by Crippen LogP contribution is 2.44. The lowest BCUT2D eigenvalue weighted by atomic mass is 10.1. The first-order chi connectivity index (χ1) is 11.9. The first-order valence-corrected chi connectivity index (χ1v) is 8.58. The number of amides is 1. The summed E-state index contributed by atoms with van der Waals surface area (Å²) in [6, 6.07) is 0. The van der Waals surface area contributed by atoms with Gasteiger partial charge in [-0.2, -0.15) is 0 Å². The summed E-state index contributed by atoms with van der Waals surface area (Å²) in [4.78, 5) is 20.1. The normalized spacial score (nSPS) is 12.0. The maximum Gasteiger partial charge on any atom is 0.271 e. The molecule has 1 amide bonds. The highest BCUT2D eigenvalue weighted by atomic mass is 32.1. The van der Waals surface area contributed by atoms with Crippen LogP contribution in [-0.2, 0) is 6.42 Å². The van der Waals surface area contributed by atoms with E-state index < -0.39 is 11.7 Å². The zero-order valence-corrected chi connectivity index (χ0v) is 15.1. The molecule has 0 aliphatic carbocycles. The van der Waals surface area contributed by atoms with Gasteiger partial charge in [0.25, 0.3) is 5.91 Å². The van der Waals surface area contributed by atoms with Gasteiger partial charge in [0.2, 0.25) is 5.75 Å². The van der Waals surface area contributed by atoms with Crippen LogP contribution < -0.4 is 15.2 Å². The van der Waals surface area contributed by atoms with Gasteiger partial charge in [-0.05, 0) is 12.8 Å². The number of hydrogen-bond acceptors (Lipinski definition) is 8. The number of pyridine rings is 1. The summed E-state index contributed by atoms with van der Waals surface area (Å²) in [7, 11) is 2.74. The molecule has 2 aromatic rings. The van der Waals surface area contributed by atoms with Crippen molar-refractivity contribution >= 4 is 17.2 Å². The Labute approximate surface area is 149 Å². The van der Waals surface area contributed by atoms with E-state index in [1.54, 1.807) is 5.38 Å². The molecule has 0 aliphatic heterocycles. The van der Waals surface area contributed by atoms with Crippen molar-refractivity contribution in [1.82, 2.24) is 9.97 Å². The summed E-state index contributed by atoms with van der Waals surface area (Å²) in [6.07, 6.45) is 1.56. The predicted molar refractivity (Wildman–Crippen MR) is 93.3 cm³/mol. The van der Waals surface area contributed by atoms with Gasteiger partial charge in [0, 0.05) is 11.8 Å². The Morgan fingerprint density at radius 2 is 2.00 bits per heavy atom. The lowest BCUT2D eigenvalue weighted by Crippen LogP contribution is -2.15. The van der Waals surface area contributed by atoms with Crippen molar-refractivity contribution in [1.29, 1.82) is 0 Å². The highest BCUT2D eigenvalue weighted by molar-refractivity contribution is 7.09. The average Bonchev–Trinajstić information content (AvgIpc) is 3.07. The Hall–Kier alpha value is -2.39. The number of rotatable bonds is 8. The molecule has 0 saturated heterocycles. The minimum Gasteiger partial charge on any atom is -0.503 e. The van der Waals surface area contributed by atoms with Gasteiger partial charge in [0.1, 0.15) is 11.4 Å². The van der Waals surface area contributed by atoms with E-state index in [1.807, 2.05) is 6.92 Å². The number of aliphatic hydroxyl groups is 1. The van der Waals surface area contributed by atoms with Gasteiger partial charge in [0.05, 0.1) is 25.3 Å². The van der Waals surface area contributed by atoms with E-state index in [4.69, 9.17) is 15.2 Å². The van der Waals surface area contributed by atoms with Crippen LogP contribution in [0.15, 0.2) is 5.38 Å². The van der Waals surface area contributed by atoms with Gasteiger partial charge >= 0.3 is 0 Å². The molecule has 136 valence electrons. The topological polar surface area (TPSA) is 128 Å². The van der Waals surface area contributed by atoms with Crippen LogP contribution in [0.25, 0.3) is 11.4 Å². The van der Waals surface area contributed by atoms with Crippen molar-refractivity contribution in [3.63, 3.8) is 0 Å². The van der Waals surface area contributed by atoms with Gasteiger partial charge in [-0.3, -0.25) is 4.79 Å². The smallest absolute Gasteiger partial charge is 0.271 e. The zero-order valence-electron chi connectivity index (χ0n) is 14.3. The molecule has 0 aromatic carbocycles. The Bertz CT molecular complexity index is 762. The van der Waals surface area contributed by atoms with Gasteiger partial charge < -0.3 is 25.4 Å². The predicted octanol–water partition coefficient (Wildman–Crippen LogP) is 1.73. The largest absolute Gasteiger partial charge is 0.503 e. The second-order valence-electron chi connectivity index (χ2n) is 5.32. The van der Waals surface area contributed by atoms with Crippen LogP contribution in [0.5, 0.6) is 17.2 Å². The van der Waals surface area contributed by atoms with Crippen LogP contribution in [0.3, 0.4) is 0 Å². The molecule has 2 heterocycles. The average molecular weight is 367 g/mol. The number of aryl methyl sites for hydroxylation is 1. The van der Waals surface area contributed by atoms with E-state index in [1.165, 1.54) is 25.6 Å². The molecule has 9 heteroatoms. The number of aliphatic hydroxyl groups excluding tert-OH is 1. The Morgan fingerprint density at radius 1 is 1.32 bits per heavy atom. The zero-order chi connectivity index (χ0) is 18.6. The minimum atomic E-state index is -0.888. The van der Waals surface area contributed by atoms with Crippen LogP contribution in [-0.4, -0.2) is 46.4 Å². The fraction of sp³-hybridized carbons (Fsp3) is 0.438. The van der Waals surface area contributed by atoms with Crippen molar-refractivity contribution in [2.45, 2.75) is 32.3 Å². The number of methoxy groups -OCH3 is 2. The van der Waals surface area contributed by atoms with E-state index in [9.17, 15) is 15.0 Å². The van der Waals surface area contributed by atoms with Gasteiger partial charge in [-0.15, -0.1) is 11.3 Å². The summed E-state index contributed by atoms with van der Waals surface area (Å²) in [5.41, 5.74) is 5.69. The first-order valence-electron chi connectivity index (χ1n) is 7.70. The van der Waals surface area contributed by atoms with Crippen LogP contribution in [0, 0.1) is 0 Å². The third-order valence-electron chi connectivity index (χ3n) is 3.68. The SMILES string of the molecule is CCC(O)CCc1nc(-c2nc(C(N)=O)c(O)c(OC)c2OC)cs1. The van der Waals surface area contributed by atoms with E-state index in [0.717, 1.165) is 5.01 Å². The van der Waals surface area contributed by atoms with Crippen molar-refractivity contribution in [3.8, 4) is 28.6 Å². The van der Waals surface area contributed by atoms with Crippen LogP contribution in [0.4, 0.5) is 0 Å². The number of nitrogens with zero attached hydrogens (tertiary/aromatic N) is 2. The molecule has 0 bridgehead atoms. The monoisotopic (exact) mass is 367 g/mol. The Balaban J connectivity index is 2.46. The van der Waals surface area contributed by atoms with Crippen molar-refractivity contribution in [3.05, 3.63) is 16.1 Å². The van der Waals surface area contributed by atoms with Gasteiger partial charge in [-0.1, -0.05) is 6.92 Å². The van der Waals surface area contributed by atoms with E-state index in [-0.39, 0.29) is 29.0 Å². The third kappa shape index (κ3) is 3.99. The summed E-state index contributed by atoms with van der Waals surface area (Å²) < 4.78 is 10.4. The summed E-state index contributed by atoms with van der Waals surface area (Å²) in [5, 5.41) is 22.4. The third-order valence-corrected chi connectivity index (χ3v) is 4.59. The molecule has 1 atom stereocenters. The number of primary amides is 1. The molecule has 0 fully saturated rings. The number of aromatic nitrogens is 2. The summed E-state index contributed by atoms with van der Waals surface area (Å²) in [6.45, 7) is 1.92. The van der Waals surface area contributed by atoms with Crippen LogP contribution in [0.1, 0.15) is 35.3 Å². The van der Waals surface area contributed by atoms with Crippen molar-refractivity contribution < 1.29 is 24.5 Å². The van der Waals surface area contributed by atoms with Crippen molar-refractivity contribution in [2.24, 2.45) is 5.73 Å². The maximum atomic E-state index is 11.5. The molecule has 1 unspecified atom stereocenters. The maximum absolute atomic E-state index is 11.5. The fourth-order valence-corrected chi connectivity index (χ4v) is 3.09. The van der Waals surface area contributed by atoms with Crippen molar-refractivity contribution in [2.75, 3.05) is 14.2 Å². The lowest BCUT2D eigenvalue weighted by molar-refractivity contribution is 0.0992. The van der Waals surface area contributed by atoms with E-state index in [0.29, 0.717) is 25.0 Å². The summed E-state index contributed by atoms with van der Waals surface area (Å²) in [5.74, 6) is -1.23. The van der Waals surface area contributed by atoms with Gasteiger partial charge in [0.15, 0.2) is 17.2 Å². The molecule has 25 heavy (non-hydrogen) atoms. The molecular weight excluding hydrogens is 346 g/mol. The molecular formula is C16H21N3O5S. The van der Waals surface area contributed by atoms with Crippen LogP contribution in [0.2, 0.25) is 0 Å². The number of hydrogen-bond donors (Lipinski definition) is 3. The second-order valence-corrected chi connectivity index (χ2v) is 6.26. The fourth-order valence-electron chi connectivity index (χ4n) is 2.29. The molecule has 2 aromatic heterocycles. The van der Waals surface area contributed by atoms with Crippen LogP contribution >= 0.6 is 11.3 Å². The second kappa shape index (κ2) is 8.13.